The Labute approximate surface area is 138 Å². The zero-order valence-electron chi connectivity index (χ0n) is 13.2. The van der Waals surface area contributed by atoms with Crippen molar-refractivity contribution in [1.82, 2.24) is 20.2 Å². The number of ether oxygens (including phenoxy) is 1. The molecular formula is C17H16N4O3. The number of tetrazole rings is 1. The van der Waals surface area contributed by atoms with Gasteiger partial charge in [0.1, 0.15) is 0 Å². The molecule has 0 radical (unpaired) electrons. The highest BCUT2D eigenvalue weighted by atomic mass is 16.5. The van der Waals surface area contributed by atoms with Crippen molar-refractivity contribution in [3.05, 3.63) is 65.2 Å². The van der Waals surface area contributed by atoms with Crippen LogP contribution >= 0.6 is 0 Å². The highest BCUT2D eigenvalue weighted by molar-refractivity contribution is 5.90. The first-order valence-electron chi connectivity index (χ1n) is 7.31. The second kappa shape index (κ2) is 6.59. The molecular weight excluding hydrogens is 308 g/mol. The lowest BCUT2D eigenvalue weighted by Crippen LogP contribution is -2.15. The summed E-state index contributed by atoms with van der Waals surface area (Å²) in [6.07, 6.45) is -0.480. The van der Waals surface area contributed by atoms with Crippen LogP contribution in [0.4, 0.5) is 0 Å². The lowest BCUT2D eigenvalue weighted by Gasteiger charge is -2.13. The van der Waals surface area contributed by atoms with Crippen molar-refractivity contribution >= 4 is 5.97 Å². The normalized spacial score (nSPS) is 12.1. The number of aryl methyl sites for hydroxylation is 1. The van der Waals surface area contributed by atoms with E-state index in [2.05, 4.69) is 15.4 Å². The maximum atomic E-state index is 11.1. The van der Waals surface area contributed by atoms with Crippen molar-refractivity contribution < 1.29 is 14.6 Å². The molecule has 122 valence electrons. The minimum absolute atomic E-state index is 0.255. The van der Waals surface area contributed by atoms with Crippen LogP contribution in [0.15, 0.2) is 48.5 Å². The van der Waals surface area contributed by atoms with Crippen molar-refractivity contribution in [3.8, 4) is 11.4 Å². The Morgan fingerprint density at radius 3 is 2.58 bits per heavy atom. The number of carboxylic acids is 1. The van der Waals surface area contributed by atoms with Crippen LogP contribution in [-0.2, 0) is 4.74 Å². The quantitative estimate of drug-likeness (QED) is 0.775. The van der Waals surface area contributed by atoms with Crippen LogP contribution in [0.1, 0.15) is 27.7 Å². The Hall–Kier alpha value is -3.06. The van der Waals surface area contributed by atoms with E-state index < -0.39 is 12.2 Å². The maximum Gasteiger partial charge on any atom is 0.335 e. The first-order valence-corrected chi connectivity index (χ1v) is 7.31. The molecule has 0 saturated heterocycles. The highest BCUT2D eigenvalue weighted by Gasteiger charge is 2.17. The molecule has 0 amide bonds. The van der Waals surface area contributed by atoms with Gasteiger partial charge >= 0.3 is 5.97 Å². The van der Waals surface area contributed by atoms with Crippen molar-refractivity contribution in [2.45, 2.75) is 13.2 Å². The van der Waals surface area contributed by atoms with E-state index in [4.69, 9.17) is 9.84 Å². The molecule has 0 aliphatic carbocycles. The van der Waals surface area contributed by atoms with E-state index in [-0.39, 0.29) is 5.56 Å². The first-order chi connectivity index (χ1) is 11.6. The van der Waals surface area contributed by atoms with Crippen LogP contribution in [0, 0.1) is 6.92 Å². The number of aromatic carboxylic acids is 1. The van der Waals surface area contributed by atoms with E-state index in [0.29, 0.717) is 17.0 Å². The smallest absolute Gasteiger partial charge is 0.335 e. The molecule has 0 saturated carbocycles. The minimum atomic E-state index is -0.959. The number of aromatic nitrogens is 4. The van der Waals surface area contributed by atoms with E-state index in [1.807, 2.05) is 30.3 Å². The van der Waals surface area contributed by atoms with Crippen molar-refractivity contribution in [2.75, 3.05) is 7.11 Å². The van der Waals surface area contributed by atoms with Gasteiger partial charge in [0.05, 0.1) is 5.56 Å². The van der Waals surface area contributed by atoms with Gasteiger partial charge in [-0.1, -0.05) is 36.4 Å². The van der Waals surface area contributed by atoms with Crippen LogP contribution in [0.3, 0.4) is 0 Å². The molecule has 24 heavy (non-hydrogen) atoms. The molecule has 0 fully saturated rings. The molecule has 3 rings (SSSR count). The summed E-state index contributed by atoms with van der Waals surface area (Å²) in [5, 5.41) is 21.6. The molecule has 0 aliphatic heterocycles. The standard InChI is InChI=1S/C17H16N4O3/c1-11-10-13(8-9-14(11)17(22)23)15-18-20-21(19-15)16(24-2)12-6-4-3-5-7-12/h3-10,16H,1-2H3,(H,22,23). The Balaban J connectivity index is 1.93. The maximum absolute atomic E-state index is 11.1. The van der Waals surface area contributed by atoms with Crippen molar-refractivity contribution in [1.29, 1.82) is 0 Å². The summed E-state index contributed by atoms with van der Waals surface area (Å²) >= 11 is 0. The minimum Gasteiger partial charge on any atom is -0.478 e. The Kier molecular flexibility index (Phi) is 4.35. The summed E-state index contributed by atoms with van der Waals surface area (Å²) in [4.78, 5) is 12.5. The van der Waals surface area contributed by atoms with Crippen LogP contribution < -0.4 is 0 Å². The van der Waals surface area contributed by atoms with E-state index in [9.17, 15) is 4.79 Å². The van der Waals surface area contributed by atoms with Crippen LogP contribution in [-0.4, -0.2) is 38.4 Å². The third-order valence-electron chi connectivity index (χ3n) is 3.66. The Morgan fingerprint density at radius 2 is 1.96 bits per heavy atom. The fourth-order valence-corrected chi connectivity index (χ4v) is 2.46. The molecule has 7 heteroatoms. The van der Waals surface area contributed by atoms with Gasteiger partial charge in [-0.3, -0.25) is 0 Å². The SMILES string of the molecule is COC(c1ccccc1)n1nnc(-c2ccc(C(=O)O)c(C)c2)n1. The topological polar surface area (TPSA) is 90.1 Å². The molecule has 0 bridgehead atoms. The molecule has 3 aromatic rings. The van der Waals surface area contributed by atoms with Gasteiger partial charge in [-0.15, -0.1) is 15.0 Å². The average molecular weight is 324 g/mol. The second-order valence-corrected chi connectivity index (χ2v) is 5.27. The van der Waals surface area contributed by atoms with Crippen LogP contribution in [0.5, 0.6) is 0 Å². The largest absolute Gasteiger partial charge is 0.478 e. The molecule has 1 N–H and O–H groups in total. The fraction of sp³-hybridized carbons (Fsp3) is 0.176. The van der Waals surface area contributed by atoms with Gasteiger partial charge in [-0.05, 0) is 29.8 Å². The van der Waals surface area contributed by atoms with E-state index >= 15 is 0 Å². The van der Waals surface area contributed by atoms with Gasteiger partial charge in [0.2, 0.25) is 5.82 Å². The third kappa shape index (κ3) is 3.02. The average Bonchev–Trinajstić information content (AvgIpc) is 3.06. The number of hydrogen-bond donors (Lipinski definition) is 1. The van der Waals surface area contributed by atoms with Crippen LogP contribution in [0.25, 0.3) is 11.4 Å². The zero-order valence-corrected chi connectivity index (χ0v) is 13.2. The predicted octanol–water partition coefficient (Wildman–Crippen LogP) is 2.54. The summed E-state index contributed by atoms with van der Waals surface area (Å²) in [6.45, 7) is 1.74. The molecule has 1 aromatic heterocycles. The van der Waals surface area contributed by atoms with Gasteiger partial charge in [-0.2, -0.15) is 0 Å². The summed E-state index contributed by atoms with van der Waals surface area (Å²) in [5.74, 6) is -0.549. The van der Waals surface area contributed by atoms with E-state index in [1.54, 1.807) is 32.2 Å². The Morgan fingerprint density at radius 1 is 1.21 bits per heavy atom. The summed E-state index contributed by atoms with van der Waals surface area (Å²) in [6, 6.07) is 14.5. The number of carboxylic acid groups (broad SMARTS) is 1. The number of carbonyl (C=O) groups is 1. The highest BCUT2D eigenvalue weighted by Crippen LogP contribution is 2.21. The van der Waals surface area contributed by atoms with Crippen molar-refractivity contribution in [2.24, 2.45) is 0 Å². The number of nitrogens with zero attached hydrogens (tertiary/aromatic N) is 4. The molecule has 1 unspecified atom stereocenters. The fourth-order valence-electron chi connectivity index (χ4n) is 2.46. The number of hydrogen-bond acceptors (Lipinski definition) is 5. The molecule has 1 heterocycles. The zero-order chi connectivity index (χ0) is 17.1. The molecule has 7 nitrogen and oxygen atoms in total. The van der Waals surface area contributed by atoms with Gasteiger partial charge in [0.15, 0.2) is 6.23 Å². The van der Waals surface area contributed by atoms with Crippen LogP contribution in [0.2, 0.25) is 0 Å². The van der Waals surface area contributed by atoms with Gasteiger partial charge in [0.25, 0.3) is 0 Å². The third-order valence-corrected chi connectivity index (χ3v) is 3.66. The summed E-state index contributed by atoms with van der Waals surface area (Å²) in [7, 11) is 1.58. The summed E-state index contributed by atoms with van der Waals surface area (Å²) < 4.78 is 5.47. The van der Waals surface area contributed by atoms with Gasteiger partial charge < -0.3 is 9.84 Å². The second-order valence-electron chi connectivity index (χ2n) is 5.27. The van der Waals surface area contributed by atoms with Gasteiger partial charge in [0, 0.05) is 18.2 Å². The molecule has 0 aliphatic rings. The molecule has 2 aromatic carbocycles. The first kappa shape index (κ1) is 15.8. The Bertz CT molecular complexity index is 861. The van der Waals surface area contributed by atoms with E-state index in [0.717, 1.165) is 5.56 Å². The monoisotopic (exact) mass is 324 g/mol. The lowest BCUT2D eigenvalue weighted by molar-refractivity contribution is 0.0548. The lowest BCUT2D eigenvalue weighted by atomic mass is 10.1. The van der Waals surface area contributed by atoms with Crippen molar-refractivity contribution in [3.63, 3.8) is 0 Å². The summed E-state index contributed by atoms with van der Waals surface area (Å²) in [5.41, 5.74) is 2.50. The number of benzene rings is 2. The molecule has 0 spiro atoms. The van der Waals surface area contributed by atoms with Gasteiger partial charge in [-0.25, -0.2) is 4.79 Å². The number of rotatable bonds is 5. The molecule has 1 atom stereocenters. The van der Waals surface area contributed by atoms with E-state index in [1.165, 1.54) is 4.80 Å². The predicted molar refractivity (Wildman–Crippen MR) is 86.5 cm³/mol. The number of methoxy groups -OCH3 is 1.